The van der Waals surface area contributed by atoms with E-state index in [1.807, 2.05) is 0 Å². The molecule has 32 heavy (non-hydrogen) atoms. The minimum Gasteiger partial charge on any atom is -0.444 e. The quantitative estimate of drug-likeness (QED) is 0.679. The average molecular weight is 453 g/mol. The van der Waals surface area contributed by atoms with Gasteiger partial charge in [-0.05, 0) is 51.3 Å². The Morgan fingerprint density at radius 1 is 1.16 bits per heavy atom. The van der Waals surface area contributed by atoms with Crippen LogP contribution in [0.1, 0.15) is 45.6 Å². The van der Waals surface area contributed by atoms with Crippen molar-refractivity contribution in [2.75, 3.05) is 19.6 Å². The number of hydrogen-bond acceptors (Lipinski definition) is 5. The molecule has 1 aromatic carbocycles. The van der Waals surface area contributed by atoms with E-state index < -0.39 is 40.7 Å². The van der Waals surface area contributed by atoms with Crippen LogP contribution in [-0.4, -0.2) is 69.7 Å². The number of benzene rings is 1. The minimum absolute atomic E-state index is 0.0819. The van der Waals surface area contributed by atoms with Crippen LogP contribution >= 0.6 is 0 Å². The normalized spacial score (nSPS) is 22.2. The number of likely N-dealkylation sites (tertiary alicyclic amines) is 2. The fourth-order valence-corrected chi connectivity index (χ4v) is 4.02. The van der Waals surface area contributed by atoms with Gasteiger partial charge in [-0.3, -0.25) is 9.59 Å². The van der Waals surface area contributed by atoms with Gasteiger partial charge in [-0.25, -0.2) is 13.6 Å². The van der Waals surface area contributed by atoms with E-state index in [0.29, 0.717) is 32.0 Å². The average Bonchev–Trinajstić information content (AvgIpc) is 3.00. The molecule has 2 fully saturated rings. The van der Waals surface area contributed by atoms with Crippen molar-refractivity contribution in [3.05, 3.63) is 35.4 Å². The van der Waals surface area contributed by atoms with Gasteiger partial charge in [0, 0.05) is 44.7 Å². The standard InChI is InChI=1S/C22H29F2N3O5/c1-21(2,3)32-20(30)26-7-4-17(5-8-26)27-9-6-22(31,19(27)29)18(28)25-13-14-10-15(23)12-16(24)11-14/h10-12,17,31H,4-9,13H2,1-3H3,(H,25,28). The van der Waals surface area contributed by atoms with Crippen molar-refractivity contribution in [2.24, 2.45) is 0 Å². The number of hydrogen-bond donors (Lipinski definition) is 2. The molecule has 2 saturated heterocycles. The van der Waals surface area contributed by atoms with E-state index >= 15 is 0 Å². The lowest BCUT2D eigenvalue weighted by atomic mass is 10.00. The van der Waals surface area contributed by atoms with Crippen LogP contribution in [0.5, 0.6) is 0 Å². The number of nitrogens with one attached hydrogen (secondary N) is 1. The molecule has 3 amide bonds. The number of aliphatic hydroxyl groups is 1. The maximum atomic E-state index is 13.3. The first-order valence-electron chi connectivity index (χ1n) is 10.6. The molecule has 8 nitrogen and oxygen atoms in total. The van der Waals surface area contributed by atoms with Crippen molar-refractivity contribution >= 4 is 17.9 Å². The second kappa shape index (κ2) is 9.01. The van der Waals surface area contributed by atoms with Crippen LogP contribution in [-0.2, 0) is 20.9 Å². The summed E-state index contributed by atoms with van der Waals surface area (Å²) >= 11 is 0. The molecule has 0 bridgehead atoms. The van der Waals surface area contributed by atoms with Gasteiger partial charge in [0.25, 0.3) is 11.8 Å². The molecule has 1 aromatic rings. The van der Waals surface area contributed by atoms with E-state index in [1.165, 1.54) is 4.90 Å². The molecular formula is C22H29F2N3O5. The summed E-state index contributed by atoms with van der Waals surface area (Å²) in [5.41, 5.74) is -2.65. The number of carbonyl (C=O) groups is 3. The molecule has 2 N–H and O–H groups in total. The van der Waals surface area contributed by atoms with E-state index in [9.17, 15) is 28.3 Å². The van der Waals surface area contributed by atoms with Crippen molar-refractivity contribution in [3.8, 4) is 0 Å². The van der Waals surface area contributed by atoms with Gasteiger partial charge >= 0.3 is 6.09 Å². The summed E-state index contributed by atoms with van der Waals surface area (Å²) in [5, 5.41) is 13.1. The summed E-state index contributed by atoms with van der Waals surface area (Å²) in [7, 11) is 0. The molecule has 2 aliphatic heterocycles. The molecule has 1 unspecified atom stereocenters. The van der Waals surface area contributed by atoms with Crippen LogP contribution in [0.4, 0.5) is 13.6 Å². The number of rotatable bonds is 4. The minimum atomic E-state index is -2.23. The van der Waals surface area contributed by atoms with Gasteiger partial charge in [0.2, 0.25) is 5.60 Å². The number of amides is 3. The first-order chi connectivity index (χ1) is 14.9. The molecule has 2 aliphatic rings. The van der Waals surface area contributed by atoms with Gasteiger partial charge in [0.05, 0.1) is 0 Å². The highest BCUT2D eigenvalue weighted by Gasteiger charge is 2.53. The summed E-state index contributed by atoms with van der Waals surface area (Å²) in [4.78, 5) is 40.7. The lowest BCUT2D eigenvalue weighted by Crippen LogP contribution is -2.55. The fraction of sp³-hybridized carbons (Fsp3) is 0.591. The third kappa shape index (κ3) is 5.35. The largest absolute Gasteiger partial charge is 0.444 e. The van der Waals surface area contributed by atoms with E-state index in [4.69, 9.17) is 4.74 Å². The molecule has 176 valence electrons. The van der Waals surface area contributed by atoms with Crippen LogP contribution in [0.25, 0.3) is 0 Å². The van der Waals surface area contributed by atoms with Crippen molar-refractivity contribution in [2.45, 2.75) is 63.8 Å². The maximum absolute atomic E-state index is 13.3. The highest BCUT2D eigenvalue weighted by molar-refractivity contribution is 6.09. The van der Waals surface area contributed by atoms with E-state index in [-0.39, 0.29) is 31.1 Å². The molecule has 0 aromatic heterocycles. The van der Waals surface area contributed by atoms with Crippen molar-refractivity contribution in [1.82, 2.24) is 15.1 Å². The van der Waals surface area contributed by atoms with E-state index in [0.717, 1.165) is 12.1 Å². The zero-order valence-corrected chi connectivity index (χ0v) is 18.5. The molecule has 0 radical (unpaired) electrons. The monoisotopic (exact) mass is 453 g/mol. The molecule has 0 saturated carbocycles. The van der Waals surface area contributed by atoms with Gasteiger partial charge in [-0.15, -0.1) is 0 Å². The predicted octanol–water partition coefficient (Wildman–Crippen LogP) is 1.94. The Bertz CT molecular complexity index is 876. The van der Waals surface area contributed by atoms with Gasteiger partial charge in [-0.2, -0.15) is 0 Å². The topological polar surface area (TPSA) is 99.2 Å². The Hall–Kier alpha value is -2.75. The van der Waals surface area contributed by atoms with Crippen LogP contribution in [0.2, 0.25) is 0 Å². The van der Waals surface area contributed by atoms with Crippen LogP contribution < -0.4 is 5.32 Å². The Morgan fingerprint density at radius 2 is 1.75 bits per heavy atom. The van der Waals surface area contributed by atoms with Crippen LogP contribution in [0, 0.1) is 11.6 Å². The highest BCUT2D eigenvalue weighted by atomic mass is 19.1. The Balaban J connectivity index is 1.55. The number of piperidine rings is 1. The summed E-state index contributed by atoms with van der Waals surface area (Å²) in [6.07, 6.45) is 0.520. The first-order valence-corrected chi connectivity index (χ1v) is 10.6. The SMILES string of the molecule is CC(C)(C)OC(=O)N1CCC(N2CCC(O)(C(=O)NCc3cc(F)cc(F)c3)C2=O)CC1. The molecular weight excluding hydrogens is 424 g/mol. The van der Waals surface area contributed by atoms with Gasteiger partial charge in [0.15, 0.2) is 0 Å². The lowest BCUT2D eigenvalue weighted by molar-refractivity contribution is -0.155. The first kappa shape index (κ1) is 23.9. The third-order valence-electron chi connectivity index (χ3n) is 5.64. The van der Waals surface area contributed by atoms with Gasteiger partial charge in [-0.1, -0.05) is 0 Å². The third-order valence-corrected chi connectivity index (χ3v) is 5.64. The lowest BCUT2D eigenvalue weighted by Gasteiger charge is -2.37. The predicted molar refractivity (Wildman–Crippen MR) is 110 cm³/mol. The van der Waals surface area contributed by atoms with Crippen molar-refractivity contribution in [3.63, 3.8) is 0 Å². The van der Waals surface area contributed by atoms with Crippen LogP contribution in [0.3, 0.4) is 0 Å². The maximum Gasteiger partial charge on any atom is 0.410 e. The number of halogens is 2. The van der Waals surface area contributed by atoms with E-state index in [2.05, 4.69) is 5.32 Å². The fourth-order valence-electron chi connectivity index (χ4n) is 4.02. The molecule has 2 heterocycles. The van der Waals surface area contributed by atoms with Crippen molar-refractivity contribution < 1.29 is 33.0 Å². The van der Waals surface area contributed by atoms with Gasteiger partial charge in [0.1, 0.15) is 17.2 Å². The number of carbonyl (C=O) groups excluding carboxylic acids is 3. The summed E-state index contributed by atoms with van der Waals surface area (Å²) in [6, 6.07) is 2.63. The summed E-state index contributed by atoms with van der Waals surface area (Å²) in [6.45, 7) is 6.15. The molecule has 0 aliphatic carbocycles. The zero-order chi connectivity index (χ0) is 23.7. The molecule has 10 heteroatoms. The van der Waals surface area contributed by atoms with Gasteiger partial charge < -0.3 is 25.0 Å². The second-order valence-electron chi connectivity index (χ2n) is 9.27. The Labute approximate surface area is 185 Å². The van der Waals surface area contributed by atoms with Crippen molar-refractivity contribution in [1.29, 1.82) is 0 Å². The van der Waals surface area contributed by atoms with E-state index in [1.54, 1.807) is 25.7 Å². The molecule has 1 atom stereocenters. The number of ether oxygens (including phenoxy) is 1. The molecule has 0 spiro atoms. The van der Waals surface area contributed by atoms with Crippen LogP contribution in [0.15, 0.2) is 18.2 Å². The summed E-state index contributed by atoms with van der Waals surface area (Å²) in [5.74, 6) is -3.17. The number of nitrogens with zero attached hydrogens (tertiary/aromatic N) is 2. The smallest absolute Gasteiger partial charge is 0.410 e. The second-order valence-corrected chi connectivity index (χ2v) is 9.27. The zero-order valence-electron chi connectivity index (χ0n) is 18.5. The summed E-state index contributed by atoms with van der Waals surface area (Å²) < 4.78 is 32.0. The highest BCUT2D eigenvalue weighted by Crippen LogP contribution is 2.29. The molecule has 3 rings (SSSR count). The Morgan fingerprint density at radius 3 is 2.31 bits per heavy atom. The Kier molecular flexibility index (Phi) is 6.73.